The molecule has 0 saturated carbocycles. The maximum atomic E-state index is 12.6. The molecule has 1 unspecified atom stereocenters. The molecule has 0 amide bonds. The molecular weight excluding hydrogens is 157 g/mol. The third kappa shape index (κ3) is 2.60. The van der Waals surface area contributed by atoms with Crippen molar-refractivity contribution >= 4 is 0 Å². The van der Waals surface area contributed by atoms with E-state index < -0.39 is 6.10 Å². The Bertz CT molecular complexity index is 252. The lowest BCUT2D eigenvalue weighted by Gasteiger charge is -2.06. The van der Waals surface area contributed by atoms with Crippen molar-refractivity contribution in [1.29, 1.82) is 0 Å². The summed E-state index contributed by atoms with van der Waals surface area (Å²) in [7, 11) is 0. The smallest absolute Gasteiger partial charge is 0.123 e. The zero-order chi connectivity index (χ0) is 8.97. The molecule has 0 aliphatic rings. The minimum atomic E-state index is -0.577. The number of halogens is 1. The molecule has 0 radical (unpaired) electrons. The Balaban J connectivity index is 2.63. The van der Waals surface area contributed by atoms with Crippen molar-refractivity contribution in [3.8, 4) is 0 Å². The van der Waals surface area contributed by atoms with E-state index >= 15 is 0 Å². The number of aliphatic hydroxyl groups excluding tert-OH is 1. The van der Waals surface area contributed by atoms with Gasteiger partial charge in [0.25, 0.3) is 0 Å². The van der Waals surface area contributed by atoms with Gasteiger partial charge in [-0.15, -0.1) is 0 Å². The highest BCUT2D eigenvalue weighted by atomic mass is 19.1. The molecule has 3 N–H and O–H groups in total. The van der Waals surface area contributed by atoms with Gasteiger partial charge in [0.05, 0.1) is 6.10 Å². The first-order chi connectivity index (χ1) is 5.72. The number of hydrogen-bond acceptors (Lipinski definition) is 2. The van der Waals surface area contributed by atoms with Crippen LogP contribution in [0.5, 0.6) is 0 Å². The molecule has 0 aromatic heterocycles. The Morgan fingerprint density at radius 2 is 2.25 bits per heavy atom. The van der Waals surface area contributed by atoms with Crippen molar-refractivity contribution in [2.24, 2.45) is 5.73 Å². The van der Waals surface area contributed by atoms with Crippen molar-refractivity contribution in [2.45, 2.75) is 12.5 Å². The Morgan fingerprint density at radius 1 is 1.50 bits per heavy atom. The molecule has 0 fully saturated rings. The lowest BCUT2D eigenvalue weighted by Crippen LogP contribution is -2.21. The van der Waals surface area contributed by atoms with Crippen LogP contribution in [0.3, 0.4) is 0 Å². The quantitative estimate of drug-likeness (QED) is 0.699. The molecule has 0 spiro atoms. The van der Waals surface area contributed by atoms with Crippen LogP contribution in [-0.4, -0.2) is 17.8 Å². The van der Waals surface area contributed by atoms with Gasteiger partial charge in [-0.3, -0.25) is 0 Å². The summed E-state index contributed by atoms with van der Waals surface area (Å²) in [5.41, 5.74) is 5.99. The van der Waals surface area contributed by atoms with Gasteiger partial charge in [-0.1, -0.05) is 12.1 Å². The first-order valence-corrected chi connectivity index (χ1v) is 3.85. The van der Waals surface area contributed by atoms with E-state index in [-0.39, 0.29) is 12.4 Å². The maximum absolute atomic E-state index is 12.6. The second kappa shape index (κ2) is 4.18. The van der Waals surface area contributed by atoms with Gasteiger partial charge in [0, 0.05) is 6.54 Å². The molecular formula is C9H12FNO. The normalized spacial score (nSPS) is 12.9. The van der Waals surface area contributed by atoms with E-state index in [4.69, 9.17) is 10.8 Å². The van der Waals surface area contributed by atoms with E-state index in [1.165, 1.54) is 12.1 Å². The van der Waals surface area contributed by atoms with Crippen molar-refractivity contribution < 1.29 is 9.50 Å². The molecule has 0 aliphatic heterocycles. The van der Waals surface area contributed by atoms with Crippen molar-refractivity contribution in [2.75, 3.05) is 6.54 Å². The van der Waals surface area contributed by atoms with Crippen LogP contribution in [0.15, 0.2) is 24.3 Å². The Kier molecular flexibility index (Phi) is 3.19. The van der Waals surface area contributed by atoms with Gasteiger partial charge < -0.3 is 10.8 Å². The molecule has 0 heterocycles. The van der Waals surface area contributed by atoms with Gasteiger partial charge in [-0.25, -0.2) is 4.39 Å². The third-order valence-electron chi connectivity index (χ3n) is 1.63. The van der Waals surface area contributed by atoms with Gasteiger partial charge in [0.1, 0.15) is 5.82 Å². The number of rotatable bonds is 3. The maximum Gasteiger partial charge on any atom is 0.123 e. The van der Waals surface area contributed by atoms with Crippen LogP contribution >= 0.6 is 0 Å². The van der Waals surface area contributed by atoms with Crippen LogP contribution in [0, 0.1) is 5.82 Å². The van der Waals surface area contributed by atoms with Crippen LogP contribution in [-0.2, 0) is 6.42 Å². The third-order valence-corrected chi connectivity index (χ3v) is 1.63. The minimum Gasteiger partial charge on any atom is -0.391 e. The molecule has 1 aromatic carbocycles. The zero-order valence-electron chi connectivity index (χ0n) is 6.70. The monoisotopic (exact) mass is 169 g/mol. The van der Waals surface area contributed by atoms with Gasteiger partial charge in [0.15, 0.2) is 0 Å². The summed E-state index contributed by atoms with van der Waals surface area (Å²) in [5.74, 6) is -0.281. The highest BCUT2D eigenvalue weighted by molar-refractivity contribution is 5.17. The fourth-order valence-corrected chi connectivity index (χ4v) is 1.02. The van der Waals surface area contributed by atoms with Gasteiger partial charge in [-0.2, -0.15) is 0 Å². The molecule has 66 valence electrons. The summed E-state index contributed by atoms with van der Waals surface area (Å²) in [4.78, 5) is 0. The molecule has 1 atom stereocenters. The second-order valence-corrected chi connectivity index (χ2v) is 2.72. The number of aliphatic hydroxyl groups is 1. The molecule has 0 bridgehead atoms. The largest absolute Gasteiger partial charge is 0.391 e. The predicted molar refractivity (Wildman–Crippen MR) is 45.2 cm³/mol. The Morgan fingerprint density at radius 3 is 2.83 bits per heavy atom. The summed E-state index contributed by atoms with van der Waals surface area (Å²) in [6, 6.07) is 6.16. The highest BCUT2D eigenvalue weighted by Crippen LogP contribution is 2.05. The lowest BCUT2D eigenvalue weighted by atomic mass is 10.1. The molecule has 1 aromatic rings. The van der Waals surface area contributed by atoms with Gasteiger partial charge in [0.2, 0.25) is 0 Å². The van der Waals surface area contributed by atoms with Crippen LogP contribution in [0.1, 0.15) is 5.56 Å². The standard InChI is InChI=1S/C9H12FNO/c10-8-3-1-2-7(4-8)5-9(12)6-11/h1-4,9,12H,5-6,11H2. The van der Waals surface area contributed by atoms with E-state index in [2.05, 4.69) is 0 Å². The summed E-state index contributed by atoms with van der Waals surface area (Å²) in [6.45, 7) is 0.205. The molecule has 3 heteroatoms. The van der Waals surface area contributed by atoms with E-state index in [1.54, 1.807) is 12.1 Å². The van der Waals surface area contributed by atoms with Crippen LogP contribution in [0.25, 0.3) is 0 Å². The number of benzene rings is 1. The predicted octanol–water partition coefficient (Wildman–Crippen LogP) is 0.688. The molecule has 1 rings (SSSR count). The zero-order valence-corrected chi connectivity index (χ0v) is 6.70. The fraction of sp³-hybridized carbons (Fsp3) is 0.333. The first kappa shape index (κ1) is 9.16. The highest BCUT2D eigenvalue weighted by Gasteiger charge is 2.02. The number of hydrogen-bond donors (Lipinski definition) is 2. The Hall–Kier alpha value is -0.930. The van der Waals surface area contributed by atoms with Gasteiger partial charge >= 0.3 is 0 Å². The SMILES string of the molecule is NCC(O)Cc1cccc(F)c1. The van der Waals surface area contributed by atoms with Crippen molar-refractivity contribution in [1.82, 2.24) is 0 Å². The van der Waals surface area contributed by atoms with E-state index in [1.807, 2.05) is 0 Å². The summed E-state index contributed by atoms with van der Waals surface area (Å²) in [6.07, 6.45) is -0.166. The topological polar surface area (TPSA) is 46.2 Å². The first-order valence-electron chi connectivity index (χ1n) is 3.85. The summed E-state index contributed by atoms with van der Waals surface area (Å²) in [5, 5.41) is 9.15. The summed E-state index contributed by atoms with van der Waals surface area (Å²) < 4.78 is 12.6. The molecule has 0 aliphatic carbocycles. The molecule has 12 heavy (non-hydrogen) atoms. The second-order valence-electron chi connectivity index (χ2n) is 2.72. The Labute approximate surface area is 70.8 Å². The van der Waals surface area contributed by atoms with Crippen molar-refractivity contribution in [3.63, 3.8) is 0 Å². The average Bonchev–Trinajstić information content (AvgIpc) is 2.04. The van der Waals surface area contributed by atoms with E-state index in [9.17, 15) is 4.39 Å². The van der Waals surface area contributed by atoms with Crippen LogP contribution in [0.2, 0.25) is 0 Å². The lowest BCUT2D eigenvalue weighted by molar-refractivity contribution is 0.183. The molecule has 2 nitrogen and oxygen atoms in total. The van der Waals surface area contributed by atoms with Crippen molar-refractivity contribution in [3.05, 3.63) is 35.6 Å². The average molecular weight is 169 g/mol. The molecule has 0 saturated heterocycles. The van der Waals surface area contributed by atoms with E-state index in [0.717, 1.165) is 5.56 Å². The number of nitrogens with two attached hydrogens (primary N) is 1. The van der Waals surface area contributed by atoms with Gasteiger partial charge in [-0.05, 0) is 24.1 Å². The minimum absolute atomic E-state index is 0.205. The van der Waals surface area contributed by atoms with Crippen LogP contribution < -0.4 is 5.73 Å². The van der Waals surface area contributed by atoms with Crippen LogP contribution in [0.4, 0.5) is 4.39 Å². The summed E-state index contributed by atoms with van der Waals surface area (Å²) >= 11 is 0. The van der Waals surface area contributed by atoms with E-state index in [0.29, 0.717) is 6.42 Å². The fourth-order valence-electron chi connectivity index (χ4n) is 1.02.